The standard InChI is InChI=1S/C19H20N2O3S/c1-12(2)13-4-6-14(7-5-13)17-9-21-16(11-25-19(21)20-17)8-15(10-24-3)18(22)23/h4-7,9-12H,8H2,1-3H3,(H,22,23)/b15-10-. The summed E-state index contributed by atoms with van der Waals surface area (Å²) in [5.74, 6) is -0.487. The normalized spacial score (nSPS) is 12.1. The van der Waals surface area contributed by atoms with E-state index >= 15 is 0 Å². The molecule has 130 valence electrons. The molecule has 1 aromatic carbocycles. The van der Waals surface area contributed by atoms with Crippen LogP contribution < -0.4 is 0 Å². The van der Waals surface area contributed by atoms with Gasteiger partial charge in [0.1, 0.15) is 0 Å². The van der Waals surface area contributed by atoms with Crippen LogP contribution in [0.4, 0.5) is 0 Å². The van der Waals surface area contributed by atoms with Gasteiger partial charge in [0.15, 0.2) is 4.96 Å². The number of carboxylic acids is 1. The summed E-state index contributed by atoms with van der Waals surface area (Å²) in [5.41, 5.74) is 4.32. The summed E-state index contributed by atoms with van der Waals surface area (Å²) in [6.45, 7) is 4.34. The molecule has 3 aromatic rings. The van der Waals surface area contributed by atoms with Gasteiger partial charge in [-0.15, -0.1) is 11.3 Å². The van der Waals surface area contributed by atoms with E-state index in [-0.39, 0.29) is 12.0 Å². The summed E-state index contributed by atoms with van der Waals surface area (Å²) < 4.78 is 6.81. The highest BCUT2D eigenvalue weighted by molar-refractivity contribution is 7.15. The van der Waals surface area contributed by atoms with Gasteiger partial charge in [0.05, 0.1) is 24.6 Å². The van der Waals surface area contributed by atoms with Crippen LogP contribution in [0.1, 0.15) is 31.0 Å². The molecule has 0 saturated heterocycles. The van der Waals surface area contributed by atoms with E-state index in [2.05, 4.69) is 43.1 Å². The van der Waals surface area contributed by atoms with Crippen LogP contribution in [0.2, 0.25) is 0 Å². The number of aromatic nitrogens is 2. The fraction of sp³-hybridized carbons (Fsp3) is 0.263. The first-order valence-corrected chi connectivity index (χ1v) is 8.88. The second-order valence-corrected chi connectivity index (χ2v) is 6.98. The van der Waals surface area contributed by atoms with Crippen molar-refractivity contribution < 1.29 is 14.6 Å². The SMILES string of the molecule is CO/C=C(/Cc1csc2nc(-c3ccc(C(C)C)cc3)cn12)C(=O)O. The highest BCUT2D eigenvalue weighted by Gasteiger charge is 2.15. The summed E-state index contributed by atoms with van der Waals surface area (Å²) in [4.78, 5) is 16.8. The Morgan fingerprint density at radius 1 is 1.36 bits per heavy atom. The highest BCUT2D eigenvalue weighted by atomic mass is 32.1. The Hall–Kier alpha value is -2.60. The van der Waals surface area contributed by atoms with Crippen molar-refractivity contribution in [1.29, 1.82) is 0 Å². The third-order valence-corrected chi connectivity index (χ3v) is 4.95. The Bertz CT molecular complexity index is 920. The van der Waals surface area contributed by atoms with Gasteiger partial charge in [-0.25, -0.2) is 9.78 Å². The van der Waals surface area contributed by atoms with E-state index in [1.165, 1.54) is 30.3 Å². The van der Waals surface area contributed by atoms with Crippen LogP contribution in [0.5, 0.6) is 0 Å². The van der Waals surface area contributed by atoms with Gasteiger partial charge in [0.2, 0.25) is 0 Å². The van der Waals surface area contributed by atoms with Crippen LogP contribution in [0.3, 0.4) is 0 Å². The lowest BCUT2D eigenvalue weighted by Gasteiger charge is -2.05. The molecule has 0 atom stereocenters. The average molecular weight is 356 g/mol. The minimum absolute atomic E-state index is 0.207. The first-order valence-electron chi connectivity index (χ1n) is 8.00. The van der Waals surface area contributed by atoms with E-state index in [1.807, 2.05) is 16.0 Å². The number of imidazole rings is 1. The Morgan fingerprint density at radius 3 is 2.68 bits per heavy atom. The zero-order chi connectivity index (χ0) is 18.0. The van der Waals surface area contributed by atoms with E-state index in [4.69, 9.17) is 4.74 Å². The summed E-state index contributed by atoms with van der Waals surface area (Å²) in [5, 5.41) is 11.2. The van der Waals surface area contributed by atoms with Gasteiger partial charge in [-0.3, -0.25) is 4.40 Å². The number of thiazole rings is 1. The zero-order valence-electron chi connectivity index (χ0n) is 14.4. The van der Waals surface area contributed by atoms with Crippen molar-refractivity contribution in [3.05, 3.63) is 58.9 Å². The predicted molar refractivity (Wildman–Crippen MR) is 99.0 cm³/mol. The van der Waals surface area contributed by atoms with Gasteiger partial charge < -0.3 is 9.84 Å². The quantitative estimate of drug-likeness (QED) is 0.527. The number of carboxylic acid groups (broad SMARTS) is 1. The molecule has 25 heavy (non-hydrogen) atoms. The topological polar surface area (TPSA) is 63.8 Å². The summed E-state index contributed by atoms with van der Waals surface area (Å²) >= 11 is 1.50. The number of methoxy groups -OCH3 is 1. The molecule has 5 nitrogen and oxygen atoms in total. The molecule has 0 amide bonds. The van der Waals surface area contributed by atoms with Crippen LogP contribution in [0.25, 0.3) is 16.2 Å². The summed E-state index contributed by atoms with van der Waals surface area (Å²) in [6, 6.07) is 8.40. The maximum absolute atomic E-state index is 11.3. The maximum Gasteiger partial charge on any atom is 0.335 e. The molecule has 6 heteroatoms. The first kappa shape index (κ1) is 17.2. The highest BCUT2D eigenvalue weighted by Crippen LogP contribution is 2.26. The van der Waals surface area contributed by atoms with Crippen molar-refractivity contribution in [2.45, 2.75) is 26.2 Å². The number of benzene rings is 1. The molecule has 0 spiro atoms. The van der Waals surface area contributed by atoms with Crippen molar-refractivity contribution in [3.63, 3.8) is 0 Å². The fourth-order valence-electron chi connectivity index (χ4n) is 2.64. The van der Waals surface area contributed by atoms with E-state index < -0.39 is 5.97 Å². The second kappa shape index (κ2) is 7.11. The minimum atomic E-state index is -0.981. The van der Waals surface area contributed by atoms with Gasteiger partial charge in [-0.1, -0.05) is 38.1 Å². The Kier molecular flexibility index (Phi) is 4.90. The van der Waals surface area contributed by atoms with Crippen molar-refractivity contribution in [2.75, 3.05) is 7.11 Å². The van der Waals surface area contributed by atoms with E-state index in [0.29, 0.717) is 5.92 Å². The van der Waals surface area contributed by atoms with Crippen LogP contribution in [0.15, 0.2) is 47.7 Å². The number of aliphatic carboxylic acids is 1. The third kappa shape index (κ3) is 3.58. The maximum atomic E-state index is 11.3. The van der Waals surface area contributed by atoms with E-state index in [0.717, 1.165) is 21.9 Å². The van der Waals surface area contributed by atoms with Gasteiger partial charge >= 0.3 is 5.97 Å². The number of nitrogens with zero attached hydrogens (tertiary/aromatic N) is 2. The number of hydrogen-bond donors (Lipinski definition) is 1. The van der Waals surface area contributed by atoms with Gasteiger partial charge in [-0.2, -0.15) is 0 Å². The Balaban J connectivity index is 1.92. The lowest BCUT2D eigenvalue weighted by Crippen LogP contribution is -2.05. The van der Waals surface area contributed by atoms with Crippen LogP contribution in [-0.2, 0) is 16.0 Å². The average Bonchev–Trinajstić information content (AvgIpc) is 3.16. The van der Waals surface area contributed by atoms with Gasteiger partial charge in [0.25, 0.3) is 0 Å². The molecule has 3 rings (SSSR count). The molecule has 0 radical (unpaired) electrons. The minimum Gasteiger partial charge on any atom is -0.504 e. The fourth-order valence-corrected chi connectivity index (χ4v) is 3.51. The van der Waals surface area contributed by atoms with Crippen molar-refractivity contribution >= 4 is 22.3 Å². The molecule has 0 saturated carbocycles. The van der Waals surface area contributed by atoms with Crippen LogP contribution in [-0.4, -0.2) is 27.6 Å². The summed E-state index contributed by atoms with van der Waals surface area (Å²) in [6.07, 6.45) is 3.51. The predicted octanol–water partition coefficient (Wildman–Crippen LogP) is 4.34. The molecule has 2 aromatic heterocycles. The molecule has 0 fully saturated rings. The van der Waals surface area contributed by atoms with E-state index in [1.54, 1.807) is 0 Å². The number of rotatable bonds is 6. The van der Waals surface area contributed by atoms with Gasteiger partial charge in [0, 0.05) is 29.3 Å². The van der Waals surface area contributed by atoms with Crippen LogP contribution in [0, 0.1) is 0 Å². The molecule has 1 N–H and O–H groups in total. The molecule has 0 aliphatic carbocycles. The molecule has 2 heterocycles. The number of fused-ring (bicyclic) bond motifs is 1. The number of hydrogen-bond acceptors (Lipinski definition) is 4. The third-order valence-electron chi connectivity index (χ3n) is 4.06. The largest absolute Gasteiger partial charge is 0.504 e. The number of ether oxygens (including phenoxy) is 1. The summed E-state index contributed by atoms with van der Waals surface area (Å²) in [7, 11) is 1.45. The Morgan fingerprint density at radius 2 is 2.08 bits per heavy atom. The van der Waals surface area contributed by atoms with Gasteiger partial charge in [-0.05, 0) is 11.5 Å². The molecule has 0 aliphatic rings. The zero-order valence-corrected chi connectivity index (χ0v) is 15.2. The second-order valence-electron chi connectivity index (χ2n) is 6.14. The molecule has 0 bridgehead atoms. The van der Waals surface area contributed by atoms with Crippen molar-refractivity contribution in [1.82, 2.24) is 9.38 Å². The Labute approximate surface area is 150 Å². The van der Waals surface area contributed by atoms with Crippen LogP contribution >= 0.6 is 11.3 Å². The molecular formula is C19H20N2O3S. The van der Waals surface area contributed by atoms with Crippen molar-refractivity contribution in [3.8, 4) is 11.3 Å². The monoisotopic (exact) mass is 356 g/mol. The van der Waals surface area contributed by atoms with E-state index in [9.17, 15) is 9.90 Å². The van der Waals surface area contributed by atoms with Crippen molar-refractivity contribution in [2.24, 2.45) is 0 Å². The lowest BCUT2D eigenvalue weighted by molar-refractivity contribution is -0.132. The molecule has 0 unspecified atom stereocenters. The molecular weight excluding hydrogens is 336 g/mol. The number of carbonyl (C=O) groups is 1. The molecule has 0 aliphatic heterocycles. The smallest absolute Gasteiger partial charge is 0.335 e. The lowest BCUT2D eigenvalue weighted by atomic mass is 10.0. The first-order chi connectivity index (χ1) is 12.0.